The van der Waals surface area contributed by atoms with Crippen molar-refractivity contribution in [2.45, 2.75) is 18.8 Å². The third kappa shape index (κ3) is 3.93. The predicted octanol–water partition coefficient (Wildman–Crippen LogP) is 4.96. The summed E-state index contributed by atoms with van der Waals surface area (Å²) in [6, 6.07) is 19.3. The molecule has 122 valence electrons. The first kappa shape index (κ1) is 18.0. The van der Waals surface area contributed by atoms with Crippen LogP contribution in [0, 0.1) is 11.3 Å². The minimum atomic E-state index is -0.556. The van der Waals surface area contributed by atoms with E-state index in [1.165, 1.54) is 0 Å². The van der Waals surface area contributed by atoms with Gasteiger partial charge in [0.25, 0.3) is 0 Å². The van der Waals surface area contributed by atoms with Gasteiger partial charge in [0, 0.05) is 16.0 Å². The lowest BCUT2D eigenvalue weighted by Gasteiger charge is -2.24. The monoisotopic (exact) mass is 383 g/mol. The highest BCUT2D eigenvalue weighted by molar-refractivity contribution is 9.10. The Morgan fingerprint density at radius 2 is 1.83 bits per heavy atom. The van der Waals surface area contributed by atoms with Gasteiger partial charge in [0.05, 0.1) is 18.6 Å². The van der Waals surface area contributed by atoms with E-state index in [1.807, 2.05) is 54.6 Å². The fourth-order valence-electron chi connectivity index (χ4n) is 2.66. The summed E-state index contributed by atoms with van der Waals surface area (Å²) in [5, 5.41) is 9.83. The molecule has 2 rings (SSSR count). The smallest absolute Gasteiger partial charge is 0.334 e. The van der Waals surface area contributed by atoms with Crippen LogP contribution < -0.4 is 0 Å². The molecule has 0 fully saturated rings. The lowest BCUT2D eigenvalue weighted by molar-refractivity contribution is -0.138. The average molecular weight is 384 g/mol. The molecule has 24 heavy (non-hydrogen) atoms. The molecule has 0 bridgehead atoms. The second-order valence-electron chi connectivity index (χ2n) is 5.26. The molecule has 0 saturated carbocycles. The molecule has 0 aliphatic heterocycles. The maximum absolute atomic E-state index is 12.3. The van der Waals surface area contributed by atoms with Crippen LogP contribution in [0.4, 0.5) is 0 Å². The first-order chi connectivity index (χ1) is 11.6. The first-order valence-corrected chi connectivity index (χ1v) is 8.44. The third-order valence-electron chi connectivity index (χ3n) is 3.78. The van der Waals surface area contributed by atoms with Gasteiger partial charge in [-0.1, -0.05) is 71.0 Å². The second-order valence-corrected chi connectivity index (χ2v) is 6.12. The van der Waals surface area contributed by atoms with Crippen LogP contribution in [0.1, 0.15) is 29.9 Å². The van der Waals surface area contributed by atoms with Gasteiger partial charge < -0.3 is 4.74 Å². The Bertz CT molecular complexity index is 765. The number of benzene rings is 2. The predicted molar refractivity (Wildman–Crippen MR) is 97.5 cm³/mol. The van der Waals surface area contributed by atoms with Crippen molar-refractivity contribution in [2.75, 3.05) is 6.61 Å². The first-order valence-electron chi connectivity index (χ1n) is 7.65. The van der Waals surface area contributed by atoms with E-state index < -0.39 is 17.8 Å². The van der Waals surface area contributed by atoms with E-state index >= 15 is 0 Å². The van der Waals surface area contributed by atoms with Crippen molar-refractivity contribution in [3.8, 4) is 6.07 Å². The lowest BCUT2D eigenvalue weighted by Crippen LogP contribution is -2.19. The largest absolute Gasteiger partial charge is 0.463 e. The Hall–Kier alpha value is -2.38. The number of nitrogens with zero attached hydrogens (tertiary/aromatic N) is 1. The van der Waals surface area contributed by atoms with Crippen molar-refractivity contribution in [1.29, 1.82) is 5.26 Å². The highest BCUT2D eigenvalue weighted by Crippen LogP contribution is 2.40. The molecular formula is C20H18BrNO2. The Morgan fingerprint density at radius 3 is 2.42 bits per heavy atom. The molecule has 0 aliphatic carbocycles. The molecule has 0 saturated heterocycles. The van der Waals surface area contributed by atoms with Crippen molar-refractivity contribution in [3.63, 3.8) is 0 Å². The van der Waals surface area contributed by atoms with Crippen LogP contribution in [0.25, 0.3) is 0 Å². The Morgan fingerprint density at radius 1 is 1.21 bits per heavy atom. The zero-order chi connectivity index (χ0) is 17.5. The molecule has 0 aromatic heterocycles. The van der Waals surface area contributed by atoms with Crippen LogP contribution in [0.3, 0.4) is 0 Å². The number of carbonyl (C=O) groups excluding carboxylic acids is 1. The summed E-state index contributed by atoms with van der Waals surface area (Å²) >= 11 is 3.50. The molecule has 0 radical (unpaired) electrons. The summed E-state index contributed by atoms with van der Waals surface area (Å²) in [5.41, 5.74) is 1.96. The number of hydrogen-bond acceptors (Lipinski definition) is 3. The van der Waals surface area contributed by atoms with E-state index in [2.05, 4.69) is 28.6 Å². The number of rotatable bonds is 6. The highest BCUT2D eigenvalue weighted by Gasteiger charge is 2.32. The maximum Gasteiger partial charge on any atom is 0.334 e. The molecule has 0 spiro atoms. The molecule has 2 aromatic carbocycles. The summed E-state index contributed by atoms with van der Waals surface area (Å²) in [6.07, 6.45) is 0. The zero-order valence-corrected chi connectivity index (χ0v) is 15.0. The van der Waals surface area contributed by atoms with Crippen molar-refractivity contribution in [3.05, 3.63) is 82.3 Å². The molecular weight excluding hydrogens is 366 g/mol. The summed E-state index contributed by atoms with van der Waals surface area (Å²) in [5.74, 6) is -1.51. The van der Waals surface area contributed by atoms with Gasteiger partial charge in [0.15, 0.2) is 0 Å². The van der Waals surface area contributed by atoms with Gasteiger partial charge in [0.2, 0.25) is 0 Å². The van der Waals surface area contributed by atoms with E-state index in [-0.39, 0.29) is 12.2 Å². The van der Waals surface area contributed by atoms with Gasteiger partial charge >= 0.3 is 5.97 Å². The quantitative estimate of drug-likeness (QED) is 0.523. The van der Waals surface area contributed by atoms with Crippen LogP contribution in [0.2, 0.25) is 0 Å². The normalized spacial score (nSPS) is 12.7. The van der Waals surface area contributed by atoms with Gasteiger partial charge in [-0.3, -0.25) is 0 Å². The minimum absolute atomic E-state index is 0.269. The van der Waals surface area contributed by atoms with Gasteiger partial charge in [0.1, 0.15) is 0 Å². The molecule has 3 nitrogen and oxygen atoms in total. The van der Waals surface area contributed by atoms with Gasteiger partial charge in [-0.25, -0.2) is 4.79 Å². The minimum Gasteiger partial charge on any atom is -0.463 e. The van der Waals surface area contributed by atoms with Crippen molar-refractivity contribution in [1.82, 2.24) is 0 Å². The molecule has 0 aliphatic rings. The molecule has 2 unspecified atom stereocenters. The summed E-state index contributed by atoms with van der Waals surface area (Å²) in [4.78, 5) is 12.3. The van der Waals surface area contributed by atoms with E-state index in [4.69, 9.17) is 4.74 Å². The average Bonchev–Trinajstić information content (AvgIpc) is 2.61. The number of halogens is 1. The van der Waals surface area contributed by atoms with E-state index in [0.717, 1.165) is 15.6 Å². The highest BCUT2D eigenvalue weighted by atomic mass is 79.9. The number of carbonyl (C=O) groups is 1. The number of nitriles is 1. The zero-order valence-electron chi connectivity index (χ0n) is 13.4. The van der Waals surface area contributed by atoms with Gasteiger partial charge in [-0.05, 0) is 24.1 Å². The van der Waals surface area contributed by atoms with Crippen LogP contribution in [0.15, 0.2) is 71.2 Å². The SMILES string of the molecule is C=C(C(=O)OCC)C(c1ccccc1)C(C#N)c1ccccc1Br. The maximum atomic E-state index is 12.3. The van der Waals surface area contributed by atoms with Gasteiger partial charge in [-0.15, -0.1) is 0 Å². The van der Waals surface area contributed by atoms with Crippen LogP contribution >= 0.6 is 15.9 Å². The molecule has 4 heteroatoms. The number of ether oxygens (including phenoxy) is 1. The summed E-state index contributed by atoms with van der Waals surface area (Å²) < 4.78 is 5.94. The third-order valence-corrected chi connectivity index (χ3v) is 4.51. The lowest BCUT2D eigenvalue weighted by atomic mass is 9.78. The Kier molecular flexibility index (Phi) is 6.34. The summed E-state index contributed by atoms with van der Waals surface area (Å²) in [6.45, 7) is 5.95. The summed E-state index contributed by atoms with van der Waals surface area (Å²) in [7, 11) is 0. The van der Waals surface area contributed by atoms with Crippen molar-refractivity contribution >= 4 is 21.9 Å². The Balaban J connectivity index is 2.53. The van der Waals surface area contributed by atoms with Crippen molar-refractivity contribution < 1.29 is 9.53 Å². The fraction of sp³-hybridized carbons (Fsp3) is 0.200. The molecule has 2 aromatic rings. The molecule has 2 atom stereocenters. The van der Waals surface area contributed by atoms with Crippen LogP contribution in [-0.2, 0) is 9.53 Å². The molecule has 0 amide bonds. The molecule has 0 heterocycles. The standard InChI is InChI=1S/C20H18BrNO2/c1-3-24-20(23)14(2)19(15-9-5-4-6-10-15)17(13-22)16-11-7-8-12-18(16)21/h4-12,17,19H,2-3H2,1H3. The van der Waals surface area contributed by atoms with E-state index in [1.54, 1.807) is 6.92 Å². The van der Waals surface area contributed by atoms with Gasteiger partial charge in [-0.2, -0.15) is 5.26 Å². The van der Waals surface area contributed by atoms with E-state index in [0.29, 0.717) is 0 Å². The second kappa shape index (κ2) is 8.47. The number of hydrogen-bond donors (Lipinski definition) is 0. The van der Waals surface area contributed by atoms with Crippen LogP contribution in [0.5, 0.6) is 0 Å². The number of esters is 1. The molecule has 0 N–H and O–H groups in total. The fourth-order valence-corrected chi connectivity index (χ4v) is 3.19. The topological polar surface area (TPSA) is 50.1 Å². The Labute approximate surface area is 150 Å². The van der Waals surface area contributed by atoms with E-state index in [9.17, 15) is 10.1 Å². The van der Waals surface area contributed by atoms with Crippen molar-refractivity contribution in [2.24, 2.45) is 0 Å². The van der Waals surface area contributed by atoms with Crippen LogP contribution in [-0.4, -0.2) is 12.6 Å².